The van der Waals surface area contributed by atoms with Crippen LogP contribution < -0.4 is 9.64 Å². The lowest BCUT2D eigenvalue weighted by Crippen LogP contribution is -2.50. The van der Waals surface area contributed by atoms with Crippen LogP contribution in [0, 0.1) is 0 Å². The number of para-hydroxylation sites is 1. The molecule has 1 amide bonds. The highest BCUT2D eigenvalue weighted by molar-refractivity contribution is 6.01. The number of amides is 1. The lowest BCUT2D eigenvalue weighted by atomic mass is 10.1. The molecule has 174 valence electrons. The Morgan fingerprint density at radius 1 is 1.27 bits per heavy atom. The zero-order chi connectivity index (χ0) is 24.1. The molecule has 0 aliphatic carbocycles. The number of aromatic nitrogens is 3. The van der Waals surface area contributed by atoms with E-state index in [4.69, 9.17) is 4.74 Å². The number of anilines is 1. The molecular weight excluding hydrogens is 438 g/mol. The van der Waals surface area contributed by atoms with Gasteiger partial charge in [-0.15, -0.1) is 9.78 Å². The van der Waals surface area contributed by atoms with E-state index < -0.39 is 29.8 Å². The zero-order valence-electron chi connectivity index (χ0n) is 18.4. The molecule has 0 saturated heterocycles. The molecule has 0 unspecified atom stereocenters. The first-order valence-corrected chi connectivity index (χ1v) is 10.1. The summed E-state index contributed by atoms with van der Waals surface area (Å²) in [6.45, 7) is 6.36. The second-order valence-corrected chi connectivity index (χ2v) is 8.69. The van der Waals surface area contributed by atoms with Gasteiger partial charge in [0.25, 0.3) is 0 Å². The molecule has 0 fully saturated rings. The molecule has 0 saturated carbocycles. The average molecular weight is 460 g/mol. The number of halogens is 2. The van der Waals surface area contributed by atoms with Crippen LogP contribution in [0.3, 0.4) is 0 Å². The molecule has 2 heterocycles. The second kappa shape index (κ2) is 7.77. The summed E-state index contributed by atoms with van der Waals surface area (Å²) in [6.07, 6.45) is -5.88. The first-order chi connectivity index (χ1) is 15.4. The van der Waals surface area contributed by atoms with E-state index in [-0.39, 0.29) is 23.5 Å². The number of benzene rings is 2. The molecule has 9 nitrogen and oxygen atoms in total. The van der Waals surface area contributed by atoms with Gasteiger partial charge in [-0.05, 0) is 51.5 Å². The second-order valence-electron chi connectivity index (χ2n) is 8.69. The number of alkyl halides is 2. The zero-order valence-corrected chi connectivity index (χ0v) is 18.4. The van der Waals surface area contributed by atoms with Crippen molar-refractivity contribution in [1.82, 2.24) is 15.0 Å². The van der Waals surface area contributed by atoms with Crippen molar-refractivity contribution < 1.29 is 33.0 Å². The summed E-state index contributed by atoms with van der Waals surface area (Å²) >= 11 is 0. The molecule has 1 N–H and O–H groups in total. The molecule has 0 radical (unpaired) electrons. The largest absolute Gasteiger partial charge is 0.483 e. The molecule has 33 heavy (non-hydrogen) atoms. The molecule has 3 aromatic rings. The van der Waals surface area contributed by atoms with Crippen molar-refractivity contribution >= 4 is 28.7 Å². The summed E-state index contributed by atoms with van der Waals surface area (Å²) in [5.41, 5.74) is 0.683. The third-order valence-corrected chi connectivity index (χ3v) is 4.91. The molecule has 1 aromatic heterocycles. The number of carbonyl (C=O) groups excluding carboxylic acids is 2. The molecular formula is C22H22F2N4O5. The smallest absolute Gasteiger partial charge is 0.442 e. The standard InChI is InChI=1S/C22H22F2N4O5/c1-12(29)14-6-5-7-17-18(14)32-22(23,24)19(30)27(17)11-13-8-9-16-15(10-13)25-26-28(16)20(31)33-21(2,3)4/h5-10,12,29H,11H2,1-4H3/t12-/m0/s1. The van der Waals surface area contributed by atoms with Gasteiger partial charge in [0, 0.05) is 5.56 Å². The van der Waals surface area contributed by atoms with Gasteiger partial charge in [-0.1, -0.05) is 23.4 Å². The fourth-order valence-corrected chi connectivity index (χ4v) is 3.48. The maximum atomic E-state index is 14.4. The van der Waals surface area contributed by atoms with Crippen molar-refractivity contribution in [2.24, 2.45) is 0 Å². The van der Waals surface area contributed by atoms with Crippen LogP contribution >= 0.6 is 0 Å². The first kappa shape index (κ1) is 22.6. The van der Waals surface area contributed by atoms with Crippen molar-refractivity contribution in [2.75, 3.05) is 4.90 Å². The number of aliphatic hydroxyl groups excluding tert-OH is 1. The molecule has 0 spiro atoms. The number of ether oxygens (including phenoxy) is 2. The lowest BCUT2D eigenvalue weighted by Gasteiger charge is -2.35. The van der Waals surface area contributed by atoms with E-state index in [1.807, 2.05) is 0 Å². The predicted molar refractivity (Wildman–Crippen MR) is 113 cm³/mol. The van der Waals surface area contributed by atoms with Crippen LogP contribution in [0.25, 0.3) is 11.0 Å². The Balaban J connectivity index is 1.69. The van der Waals surface area contributed by atoms with Gasteiger partial charge in [0.1, 0.15) is 16.6 Å². The van der Waals surface area contributed by atoms with Crippen LogP contribution in [-0.2, 0) is 16.1 Å². The highest BCUT2D eigenvalue weighted by Crippen LogP contribution is 2.44. The Morgan fingerprint density at radius 3 is 2.67 bits per heavy atom. The van der Waals surface area contributed by atoms with Crippen molar-refractivity contribution in [3.63, 3.8) is 0 Å². The minimum atomic E-state index is -4.10. The van der Waals surface area contributed by atoms with Gasteiger partial charge in [-0.2, -0.15) is 8.78 Å². The van der Waals surface area contributed by atoms with Crippen molar-refractivity contribution in [2.45, 2.75) is 52.1 Å². The third-order valence-electron chi connectivity index (χ3n) is 4.91. The molecule has 1 aliphatic heterocycles. The topological polar surface area (TPSA) is 107 Å². The number of nitrogens with zero attached hydrogens (tertiary/aromatic N) is 4. The van der Waals surface area contributed by atoms with E-state index in [9.17, 15) is 23.5 Å². The summed E-state index contributed by atoms with van der Waals surface area (Å²) in [4.78, 5) is 25.7. The van der Waals surface area contributed by atoms with Crippen LogP contribution in [0.1, 0.15) is 44.9 Å². The Kier molecular flexibility index (Phi) is 5.32. The van der Waals surface area contributed by atoms with Gasteiger partial charge in [0.05, 0.1) is 18.3 Å². The van der Waals surface area contributed by atoms with E-state index in [1.165, 1.54) is 19.1 Å². The molecule has 1 aliphatic rings. The Hall–Kier alpha value is -3.60. The number of hydrogen-bond acceptors (Lipinski definition) is 7. The average Bonchev–Trinajstić information content (AvgIpc) is 3.13. The monoisotopic (exact) mass is 460 g/mol. The predicted octanol–water partition coefficient (Wildman–Crippen LogP) is 3.79. The lowest BCUT2D eigenvalue weighted by molar-refractivity contribution is -0.193. The van der Waals surface area contributed by atoms with Crippen LogP contribution in [0.4, 0.5) is 19.3 Å². The van der Waals surface area contributed by atoms with E-state index in [0.717, 1.165) is 9.58 Å². The Morgan fingerprint density at radius 2 is 2.00 bits per heavy atom. The van der Waals surface area contributed by atoms with Gasteiger partial charge in [0.2, 0.25) is 0 Å². The fourth-order valence-electron chi connectivity index (χ4n) is 3.48. The maximum absolute atomic E-state index is 14.4. The van der Waals surface area contributed by atoms with Crippen molar-refractivity contribution in [3.8, 4) is 5.75 Å². The first-order valence-electron chi connectivity index (χ1n) is 10.1. The number of rotatable bonds is 3. The summed E-state index contributed by atoms with van der Waals surface area (Å²) in [6, 6.07) is 9.13. The summed E-state index contributed by atoms with van der Waals surface area (Å²) in [5, 5.41) is 17.7. The van der Waals surface area contributed by atoms with Gasteiger partial charge >= 0.3 is 18.1 Å². The Labute approximate surface area is 187 Å². The quantitative estimate of drug-likeness (QED) is 0.634. The number of hydrogen-bond donors (Lipinski definition) is 1. The van der Waals surface area contributed by atoms with E-state index >= 15 is 0 Å². The SMILES string of the molecule is C[C@H](O)c1cccc2c1OC(F)(F)C(=O)N2Cc1ccc2c(c1)nnn2C(=O)OC(C)(C)C. The number of carbonyl (C=O) groups is 2. The van der Waals surface area contributed by atoms with Crippen LogP contribution in [-0.4, -0.2) is 43.8 Å². The molecule has 1 atom stereocenters. The van der Waals surface area contributed by atoms with Crippen LogP contribution in [0.15, 0.2) is 36.4 Å². The van der Waals surface area contributed by atoms with E-state index in [0.29, 0.717) is 16.6 Å². The minimum Gasteiger partial charge on any atom is -0.442 e. The summed E-state index contributed by atoms with van der Waals surface area (Å²) < 4.78 is 39.7. The molecule has 4 rings (SSSR count). The van der Waals surface area contributed by atoms with Gasteiger partial charge in [-0.3, -0.25) is 9.69 Å². The fraction of sp³-hybridized carbons (Fsp3) is 0.364. The van der Waals surface area contributed by atoms with Crippen molar-refractivity contribution in [1.29, 1.82) is 0 Å². The molecule has 11 heteroatoms. The summed E-state index contributed by atoms with van der Waals surface area (Å²) in [7, 11) is 0. The van der Waals surface area contributed by atoms with E-state index in [2.05, 4.69) is 15.0 Å². The van der Waals surface area contributed by atoms with E-state index in [1.54, 1.807) is 45.0 Å². The molecule has 2 aromatic carbocycles. The van der Waals surface area contributed by atoms with Crippen molar-refractivity contribution in [3.05, 3.63) is 47.5 Å². The van der Waals surface area contributed by atoms with Crippen LogP contribution in [0.5, 0.6) is 5.75 Å². The highest BCUT2D eigenvalue weighted by Gasteiger charge is 2.51. The van der Waals surface area contributed by atoms with Gasteiger partial charge < -0.3 is 14.6 Å². The van der Waals surface area contributed by atoms with Gasteiger partial charge in [-0.25, -0.2) is 4.79 Å². The Bertz CT molecular complexity index is 1250. The third kappa shape index (κ3) is 4.23. The summed E-state index contributed by atoms with van der Waals surface area (Å²) in [5.74, 6) is -1.79. The normalized spacial score (nSPS) is 16.3. The number of fused-ring (bicyclic) bond motifs is 2. The minimum absolute atomic E-state index is 0.113. The molecule has 0 bridgehead atoms. The maximum Gasteiger partial charge on any atom is 0.483 e. The van der Waals surface area contributed by atoms with Crippen LogP contribution in [0.2, 0.25) is 0 Å². The van der Waals surface area contributed by atoms with Gasteiger partial charge in [0.15, 0.2) is 5.75 Å². The highest BCUT2D eigenvalue weighted by atomic mass is 19.3. The number of aliphatic hydroxyl groups is 1.